The number of allylic oxidation sites excluding steroid dienone is 5. The molecule has 0 aromatic heterocycles. The minimum absolute atomic E-state index is 0.610. The van der Waals surface area contributed by atoms with Crippen LogP contribution in [0.5, 0.6) is 0 Å². The molecule has 0 rings (SSSR count). The number of hydrogen-bond acceptors (Lipinski definition) is 1. The monoisotopic (exact) mass is 347 g/mol. The van der Waals surface area contributed by atoms with E-state index in [9.17, 15) is 0 Å². The van der Waals surface area contributed by atoms with Crippen molar-refractivity contribution < 1.29 is 0 Å². The van der Waals surface area contributed by atoms with Crippen LogP contribution < -0.4 is 5.32 Å². The highest BCUT2D eigenvalue weighted by Crippen LogP contribution is 2.17. The number of rotatable bonds is 14. The lowest BCUT2D eigenvalue weighted by molar-refractivity contribution is 0.410. The van der Waals surface area contributed by atoms with Gasteiger partial charge in [-0.05, 0) is 71.3 Å². The summed E-state index contributed by atoms with van der Waals surface area (Å²) in [6.45, 7) is 15.8. The van der Waals surface area contributed by atoms with Crippen LogP contribution in [0, 0.1) is 5.92 Å². The standard InChI is InChI=1S/C24H45N/c1-8-10-17-23(15-9-2)25-24(19-20(3)4)18-14-12-11-13-16-22(7)21(5)6/h10,15,17,20,24-25H,8-9,11-14,16,18-19H2,1-7H3/b17-10-,23-15-. The molecule has 1 heteroatoms. The molecule has 0 heterocycles. The lowest BCUT2D eigenvalue weighted by Gasteiger charge is -2.22. The lowest BCUT2D eigenvalue weighted by Crippen LogP contribution is -2.29. The maximum atomic E-state index is 3.81. The molecule has 0 radical (unpaired) electrons. The van der Waals surface area contributed by atoms with Crippen molar-refractivity contribution in [3.63, 3.8) is 0 Å². The molecule has 1 nitrogen and oxygen atoms in total. The van der Waals surface area contributed by atoms with Crippen molar-refractivity contribution in [2.24, 2.45) is 5.92 Å². The van der Waals surface area contributed by atoms with Gasteiger partial charge in [0.2, 0.25) is 0 Å². The SMILES string of the molecule is CC/C=C\C(=C\CC)NC(CCCCCCC(C)=C(C)C)CC(C)C. The Morgan fingerprint density at radius 3 is 2.16 bits per heavy atom. The van der Waals surface area contributed by atoms with Crippen molar-refractivity contribution in [2.75, 3.05) is 0 Å². The average molecular weight is 348 g/mol. The van der Waals surface area contributed by atoms with Gasteiger partial charge in [0, 0.05) is 11.7 Å². The summed E-state index contributed by atoms with van der Waals surface area (Å²) in [5, 5.41) is 3.81. The van der Waals surface area contributed by atoms with Crippen molar-refractivity contribution in [2.45, 2.75) is 112 Å². The van der Waals surface area contributed by atoms with Gasteiger partial charge in [-0.1, -0.05) is 70.3 Å². The molecular formula is C24H45N. The van der Waals surface area contributed by atoms with E-state index in [2.05, 4.69) is 72.0 Å². The first kappa shape index (κ1) is 24.0. The Bertz CT molecular complexity index is 408. The van der Waals surface area contributed by atoms with E-state index >= 15 is 0 Å². The molecule has 1 atom stereocenters. The molecular weight excluding hydrogens is 302 g/mol. The van der Waals surface area contributed by atoms with Gasteiger partial charge in [-0.2, -0.15) is 0 Å². The summed E-state index contributed by atoms with van der Waals surface area (Å²) in [6, 6.07) is 0.610. The average Bonchev–Trinajstić information content (AvgIpc) is 2.54. The van der Waals surface area contributed by atoms with Crippen molar-refractivity contribution in [1.29, 1.82) is 0 Å². The van der Waals surface area contributed by atoms with Gasteiger partial charge in [0.05, 0.1) is 0 Å². The summed E-state index contributed by atoms with van der Waals surface area (Å²) < 4.78 is 0. The van der Waals surface area contributed by atoms with Gasteiger partial charge in [0.15, 0.2) is 0 Å². The maximum Gasteiger partial charge on any atom is 0.0298 e. The fraction of sp³-hybridized carbons (Fsp3) is 0.750. The Kier molecular flexibility index (Phi) is 14.7. The van der Waals surface area contributed by atoms with Crippen molar-refractivity contribution >= 4 is 0 Å². The zero-order valence-electron chi connectivity index (χ0n) is 18.3. The molecule has 1 N–H and O–H groups in total. The first-order chi connectivity index (χ1) is 11.9. The molecule has 0 amide bonds. The molecule has 0 aliphatic heterocycles. The smallest absolute Gasteiger partial charge is 0.0298 e. The lowest BCUT2D eigenvalue weighted by atomic mass is 9.97. The topological polar surface area (TPSA) is 12.0 Å². The normalized spacial score (nSPS) is 13.5. The zero-order chi connectivity index (χ0) is 19.1. The molecule has 0 saturated heterocycles. The van der Waals surface area contributed by atoms with Crippen LogP contribution >= 0.6 is 0 Å². The van der Waals surface area contributed by atoms with Gasteiger partial charge < -0.3 is 5.32 Å². The molecule has 0 saturated carbocycles. The molecule has 1 unspecified atom stereocenters. The largest absolute Gasteiger partial charge is 0.383 e. The third-order valence-corrected chi connectivity index (χ3v) is 4.79. The number of nitrogens with one attached hydrogen (secondary N) is 1. The Labute approximate surface area is 159 Å². The van der Waals surface area contributed by atoms with E-state index in [-0.39, 0.29) is 0 Å². The molecule has 0 spiro atoms. The van der Waals surface area contributed by atoms with Crippen molar-refractivity contribution in [3.05, 3.63) is 35.1 Å². The molecule has 0 aliphatic carbocycles. The predicted octanol–water partition coefficient (Wildman–Crippen LogP) is 7.95. The fourth-order valence-corrected chi connectivity index (χ4v) is 3.08. The van der Waals surface area contributed by atoms with Gasteiger partial charge in [-0.15, -0.1) is 0 Å². The van der Waals surface area contributed by atoms with Crippen LogP contribution in [0.3, 0.4) is 0 Å². The third-order valence-electron chi connectivity index (χ3n) is 4.79. The van der Waals surface area contributed by atoms with E-state index in [1.54, 1.807) is 5.57 Å². The maximum absolute atomic E-state index is 3.81. The van der Waals surface area contributed by atoms with Crippen LogP contribution in [0.1, 0.15) is 106 Å². The summed E-state index contributed by atoms with van der Waals surface area (Å²) in [4.78, 5) is 0. The highest BCUT2D eigenvalue weighted by Gasteiger charge is 2.11. The Hall–Kier alpha value is -0.980. The fourth-order valence-electron chi connectivity index (χ4n) is 3.08. The zero-order valence-corrected chi connectivity index (χ0v) is 18.3. The highest BCUT2D eigenvalue weighted by molar-refractivity contribution is 5.17. The van der Waals surface area contributed by atoms with Crippen LogP contribution in [0.25, 0.3) is 0 Å². The van der Waals surface area contributed by atoms with E-state index < -0.39 is 0 Å². The van der Waals surface area contributed by atoms with E-state index in [1.165, 1.54) is 56.2 Å². The van der Waals surface area contributed by atoms with Gasteiger partial charge in [0.1, 0.15) is 0 Å². The Morgan fingerprint density at radius 2 is 1.60 bits per heavy atom. The molecule has 25 heavy (non-hydrogen) atoms. The molecule has 146 valence electrons. The van der Waals surface area contributed by atoms with E-state index in [4.69, 9.17) is 0 Å². The van der Waals surface area contributed by atoms with Gasteiger partial charge in [-0.25, -0.2) is 0 Å². The highest BCUT2D eigenvalue weighted by atomic mass is 14.9. The molecule has 0 aliphatic rings. The molecule has 0 bridgehead atoms. The summed E-state index contributed by atoms with van der Waals surface area (Å²) in [7, 11) is 0. The van der Waals surface area contributed by atoms with Gasteiger partial charge in [0.25, 0.3) is 0 Å². The Balaban J connectivity index is 4.33. The summed E-state index contributed by atoms with van der Waals surface area (Å²) in [6.07, 6.45) is 18.3. The van der Waals surface area contributed by atoms with Crippen LogP contribution in [-0.2, 0) is 0 Å². The minimum Gasteiger partial charge on any atom is -0.383 e. The van der Waals surface area contributed by atoms with Crippen molar-refractivity contribution in [1.82, 2.24) is 5.32 Å². The van der Waals surface area contributed by atoms with Crippen LogP contribution in [0.2, 0.25) is 0 Å². The van der Waals surface area contributed by atoms with Crippen LogP contribution in [0.15, 0.2) is 35.1 Å². The first-order valence-corrected chi connectivity index (χ1v) is 10.7. The molecule has 0 fully saturated rings. The Morgan fingerprint density at radius 1 is 0.920 bits per heavy atom. The first-order valence-electron chi connectivity index (χ1n) is 10.7. The van der Waals surface area contributed by atoms with Crippen LogP contribution in [0.4, 0.5) is 0 Å². The van der Waals surface area contributed by atoms with E-state index in [1.807, 2.05) is 0 Å². The number of unbranched alkanes of at least 4 members (excludes halogenated alkanes) is 3. The number of hydrogen-bond donors (Lipinski definition) is 1. The summed E-state index contributed by atoms with van der Waals surface area (Å²) in [5.74, 6) is 0.746. The van der Waals surface area contributed by atoms with Gasteiger partial charge in [-0.3, -0.25) is 0 Å². The second kappa shape index (κ2) is 15.3. The second-order valence-electron chi connectivity index (χ2n) is 8.08. The molecule has 0 aromatic carbocycles. The van der Waals surface area contributed by atoms with E-state index in [0.717, 1.165) is 18.8 Å². The summed E-state index contributed by atoms with van der Waals surface area (Å²) in [5.41, 5.74) is 4.39. The van der Waals surface area contributed by atoms with Gasteiger partial charge >= 0.3 is 0 Å². The van der Waals surface area contributed by atoms with E-state index in [0.29, 0.717) is 6.04 Å². The van der Waals surface area contributed by atoms with Crippen LogP contribution in [-0.4, -0.2) is 6.04 Å². The minimum atomic E-state index is 0.610. The third kappa shape index (κ3) is 13.9. The van der Waals surface area contributed by atoms with Crippen molar-refractivity contribution in [3.8, 4) is 0 Å². The quantitative estimate of drug-likeness (QED) is 0.191. The molecule has 0 aromatic rings. The summed E-state index contributed by atoms with van der Waals surface area (Å²) >= 11 is 0. The second-order valence-corrected chi connectivity index (χ2v) is 8.08. The predicted molar refractivity (Wildman–Crippen MR) is 116 cm³/mol.